The fourth-order valence-electron chi connectivity index (χ4n) is 1.55. The second-order valence-corrected chi connectivity index (χ2v) is 6.11. The topological polar surface area (TPSA) is 20.2 Å². The minimum Gasteiger partial charge on any atom is -0.392 e. The minimum absolute atomic E-state index is 0.205. The van der Waals surface area contributed by atoms with E-state index in [9.17, 15) is 5.11 Å². The fourth-order valence-corrected chi connectivity index (χ4v) is 3.18. The van der Waals surface area contributed by atoms with Crippen molar-refractivity contribution in [3.05, 3.63) is 28.7 Å². The summed E-state index contributed by atoms with van der Waals surface area (Å²) in [6.07, 6.45) is 2.03. The molecule has 2 atom stereocenters. The van der Waals surface area contributed by atoms with Gasteiger partial charge in [0, 0.05) is 15.1 Å². The second-order valence-electron chi connectivity index (χ2n) is 4.10. The van der Waals surface area contributed by atoms with E-state index in [1.165, 1.54) is 4.90 Å². The maximum Gasteiger partial charge on any atom is 0.0659 e. The molecule has 2 unspecified atom stereocenters. The highest BCUT2D eigenvalue weighted by atomic mass is 79.9. The fraction of sp³-hybridized carbons (Fsp3) is 0.538. The molecule has 0 saturated carbocycles. The molecule has 0 aliphatic heterocycles. The molecule has 0 amide bonds. The van der Waals surface area contributed by atoms with Crippen molar-refractivity contribution in [1.29, 1.82) is 0 Å². The van der Waals surface area contributed by atoms with Gasteiger partial charge in [-0.15, -0.1) is 11.8 Å². The first-order valence-electron chi connectivity index (χ1n) is 5.70. The van der Waals surface area contributed by atoms with Gasteiger partial charge in [0.25, 0.3) is 0 Å². The van der Waals surface area contributed by atoms with Crippen LogP contribution in [-0.2, 0) is 0 Å². The molecule has 0 radical (unpaired) electrons. The second kappa shape index (κ2) is 7.36. The number of halogens is 1. The molecular formula is C13H19BrOS. The third-order valence-electron chi connectivity index (χ3n) is 2.62. The molecule has 0 spiro atoms. The lowest BCUT2D eigenvalue weighted by atomic mass is 10.0. The van der Waals surface area contributed by atoms with Crippen molar-refractivity contribution in [3.8, 4) is 0 Å². The first-order valence-corrected chi connectivity index (χ1v) is 7.47. The van der Waals surface area contributed by atoms with E-state index in [1.54, 1.807) is 11.8 Å². The van der Waals surface area contributed by atoms with Crippen LogP contribution in [0.1, 0.15) is 26.7 Å². The van der Waals surface area contributed by atoms with Crippen LogP contribution in [0.4, 0.5) is 0 Å². The maximum atomic E-state index is 9.95. The number of benzene rings is 1. The third-order valence-corrected chi connectivity index (χ3v) is 4.21. The standard InChI is InChI=1S/C13H19BrOS/c1-3-5-10(2)13(15)9-16-12-7-4-6-11(14)8-12/h4,6-8,10,13,15H,3,5,9H2,1-2H3. The smallest absolute Gasteiger partial charge is 0.0659 e. The van der Waals surface area contributed by atoms with Crippen LogP contribution >= 0.6 is 27.7 Å². The van der Waals surface area contributed by atoms with Gasteiger partial charge in [0.15, 0.2) is 0 Å². The average Bonchev–Trinajstić information content (AvgIpc) is 2.26. The zero-order chi connectivity index (χ0) is 12.0. The van der Waals surface area contributed by atoms with Crippen LogP contribution in [0.3, 0.4) is 0 Å². The lowest BCUT2D eigenvalue weighted by Gasteiger charge is -2.17. The Balaban J connectivity index is 2.39. The molecule has 0 saturated heterocycles. The van der Waals surface area contributed by atoms with Gasteiger partial charge >= 0.3 is 0 Å². The Bertz CT molecular complexity index is 317. The zero-order valence-corrected chi connectivity index (χ0v) is 12.2. The zero-order valence-electron chi connectivity index (χ0n) is 9.82. The van der Waals surface area contributed by atoms with E-state index in [1.807, 2.05) is 12.1 Å². The molecule has 1 rings (SSSR count). The summed E-state index contributed by atoms with van der Waals surface area (Å²) in [5.41, 5.74) is 0. The van der Waals surface area contributed by atoms with E-state index in [2.05, 4.69) is 41.9 Å². The van der Waals surface area contributed by atoms with Gasteiger partial charge in [0.05, 0.1) is 6.10 Å². The van der Waals surface area contributed by atoms with Gasteiger partial charge in [-0.1, -0.05) is 42.3 Å². The van der Waals surface area contributed by atoms with E-state index in [4.69, 9.17) is 0 Å². The van der Waals surface area contributed by atoms with E-state index >= 15 is 0 Å². The summed E-state index contributed by atoms with van der Waals surface area (Å²) in [4.78, 5) is 1.21. The Morgan fingerprint density at radius 1 is 1.44 bits per heavy atom. The molecule has 1 aromatic carbocycles. The van der Waals surface area contributed by atoms with Crippen molar-refractivity contribution in [2.45, 2.75) is 37.7 Å². The molecule has 0 heterocycles. The SMILES string of the molecule is CCCC(C)C(O)CSc1cccc(Br)c1. The van der Waals surface area contributed by atoms with Gasteiger partial charge < -0.3 is 5.11 Å². The van der Waals surface area contributed by atoms with E-state index < -0.39 is 0 Å². The molecule has 0 aliphatic rings. The highest BCUT2D eigenvalue weighted by molar-refractivity contribution is 9.10. The molecule has 1 nitrogen and oxygen atoms in total. The molecule has 0 aliphatic carbocycles. The predicted octanol–water partition coefficient (Wildman–Crippen LogP) is 4.34. The molecule has 1 aromatic rings. The highest BCUT2D eigenvalue weighted by Gasteiger charge is 2.13. The summed E-state index contributed by atoms with van der Waals surface area (Å²) >= 11 is 5.16. The highest BCUT2D eigenvalue weighted by Crippen LogP contribution is 2.24. The van der Waals surface area contributed by atoms with Gasteiger partial charge in [-0.25, -0.2) is 0 Å². The molecule has 0 bridgehead atoms. The van der Waals surface area contributed by atoms with Crippen molar-refractivity contribution < 1.29 is 5.11 Å². The lowest BCUT2D eigenvalue weighted by molar-refractivity contribution is 0.134. The van der Waals surface area contributed by atoms with E-state index in [0.717, 1.165) is 23.1 Å². The molecule has 90 valence electrons. The molecule has 0 aromatic heterocycles. The quantitative estimate of drug-likeness (QED) is 0.789. The van der Waals surface area contributed by atoms with Gasteiger partial charge in [-0.05, 0) is 30.5 Å². The van der Waals surface area contributed by atoms with Crippen LogP contribution < -0.4 is 0 Å². The molecular weight excluding hydrogens is 284 g/mol. The largest absolute Gasteiger partial charge is 0.392 e. The number of thioether (sulfide) groups is 1. The lowest BCUT2D eigenvalue weighted by Crippen LogP contribution is -2.19. The maximum absolute atomic E-state index is 9.95. The summed E-state index contributed by atoms with van der Waals surface area (Å²) < 4.78 is 1.09. The summed E-state index contributed by atoms with van der Waals surface area (Å²) in [5.74, 6) is 1.17. The Hall–Kier alpha value is 0.01000. The Morgan fingerprint density at radius 2 is 2.19 bits per heavy atom. The Labute approximate surface area is 111 Å². The van der Waals surface area contributed by atoms with Gasteiger partial charge in [-0.3, -0.25) is 0 Å². The first-order chi connectivity index (χ1) is 7.63. The average molecular weight is 303 g/mol. The van der Waals surface area contributed by atoms with Crippen molar-refractivity contribution in [1.82, 2.24) is 0 Å². The summed E-state index contributed by atoms with van der Waals surface area (Å²) in [6.45, 7) is 4.28. The van der Waals surface area contributed by atoms with Crippen LogP contribution in [0.15, 0.2) is 33.6 Å². The number of hydrogen-bond acceptors (Lipinski definition) is 2. The van der Waals surface area contributed by atoms with Crippen molar-refractivity contribution >= 4 is 27.7 Å². The Kier molecular flexibility index (Phi) is 6.47. The molecule has 0 fully saturated rings. The van der Waals surface area contributed by atoms with E-state index in [0.29, 0.717) is 5.92 Å². The molecule has 3 heteroatoms. The number of aliphatic hydroxyl groups excluding tert-OH is 1. The number of rotatable bonds is 6. The minimum atomic E-state index is -0.205. The van der Waals surface area contributed by atoms with Gasteiger partial charge in [-0.2, -0.15) is 0 Å². The van der Waals surface area contributed by atoms with Crippen LogP contribution in [0.25, 0.3) is 0 Å². The molecule has 16 heavy (non-hydrogen) atoms. The van der Waals surface area contributed by atoms with Gasteiger partial charge in [0.1, 0.15) is 0 Å². The number of aliphatic hydroxyl groups is 1. The van der Waals surface area contributed by atoms with Crippen LogP contribution in [0.5, 0.6) is 0 Å². The summed E-state index contributed by atoms with van der Waals surface area (Å²) in [7, 11) is 0. The monoisotopic (exact) mass is 302 g/mol. The van der Waals surface area contributed by atoms with Crippen molar-refractivity contribution in [3.63, 3.8) is 0 Å². The van der Waals surface area contributed by atoms with E-state index in [-0.39, 0.29) is 6.10 Å². The van der Waals surface area contributed by atoms with Crippen molar-refractivity contribution in [2.75, 3.05) is 5.75 Å². The van der Waals surface area contributed by atoms with Crippen LogP contribution in [0.2, 0.25) is 0 Å². The first kappa shape index (κ1) is 14.1. The Morgan fingerprint density at radius 3 is 2.81 bits per heavy atom. The summed E-state index contributed by atoms with van der Waals surface area (Å²) in [5, 5.41) is 9.95. The van der Waals surface area contributed by atoms with Crippen molar-refractivity contribution in [2.24, 2.45) is 5.92 Å². The van der Waals surface area contributed by atoms with Gasteiger partial charge in [0.2, 0.25) is 0 Å². The predicted molar refractivity (Wildman–Crippen MR) is 74.9 cm³/mol. The van der Waals surface area contributed by atoms with Crippen LogP contribution in [-0.4, -0.2) is 17.0 Å². The molecule has 1 N–H and O–H groups in total. The normalized spacial score (nSPS) is 14.8. The van der Waals surface area contributed by atoms with Crippen LogP contribution in [0, 0.1) is 5.92 Å². The number of hydrogen-bond donors (Lipinski definition) is 1. The third kappa shape index (κ3) is 4.89. The summed E-state index contributed by atoms with van der Waals surface area (Å²) in [6, 6.07) is 8.20.